The molecule has 3 rings (SSSR count). The van der Waals surface area contributed by atoms with Crippen LogP contribution in [0.3, 0.4) is 0 Å². The Morgan fingerprint density at radius 2 is 2.35 bits per heavy atom. The van der Waals surface area contributed by atoms with Crippen LogP contribution in [-0.4, -0.2) is 15.3 Å². The van der Waals surface area contributed by atoms with Crippen molar-refractivity contribution in [2.45, 2.75) is 32.7 Å². The van der Waals surface area contributed by atoms with Crippen molar-refractivity contribution >= 4 is 17.1 Å². The molecule has 0 N–H and O–H groups in total. The van der Waals surface area contributed by atoms with Gasteiger partial charge < -0.3 is 4.57 Å². The number of carbonyl (C=O) groups excluding carboxylic acids is 1. The number of aryl methyl sites for hydroxylation is 1. The van der Waals surface area contributed by atoms with Crippen molar-refractivity contribution in [3.05, 3.63) is 39.6 Å². The van der Waals surface area contributed by atoms with Crippen LogP contribution >= 0.6 is 11.3 Å². The third kappa shape index (κ3) is 1.82. The second kappa shape index (κ2) is 4.11. The Morgan fingerprint density at radius 3 is 3.12 bits per heavy atom. The van der Waals surface area contributed by atoms with E-state index in [1.165, 1.54) is 11.4 Å². The molecule has 0 atom stereocenters. The minimum Gasteiger partial charge on any atom is -0.342 e. The molecule has 0 spiro atoms. The highest BCUT2D eigenvalue weighted by Gasteiger charge is 2.22. The maximum atomic E-state index is 11.8. The predicted octanol–water partition coefficient (Wildman–Crippen LogP) is 2.82. The molecule has 2 heterocycles. The lowest BCUT2D eigenvalue weighted by atomic mass is 9.97. The van der Waals surface area contributed by atoms with E-state index >= 15 is 0 Å². The molecule has 0 bridgehead atoms. The topological polar surface area (TPSA) is 34.9 Å². The molecular weight excluding hydrogens is 232 g/mol. The van der Waals surface area contributed by atoms with Gasteiger partial charge in [0.05, 0.1) is 17.7 Å². The van der Waals surface area contributed by atoms with Crippen LogP contribution in [-0.2, 0) is 13.0 Å². The summed E-state index contributed by atoms with van der Waals surface area (Å²) in [6, 6.07) is 2.03. The Morgan fingerprint density at radius 1 is 1.47 bits per heavy atom. The molecule has 0 aliphatic heterocycles. The Kier molecular flexibility index (Phi) is 2.59. The van der Waals surface area contributed by atoms with Crippen LogP contribution in [0.25, 0.3) is 0 Å². The van der Waals surface area contributed by atoms with Gasteiger partial charge in [0, 0.05) is 28.8 Å². The summed E-state index contributed by atoms with van der Waals surface area (Å²) in [5.74, 6) is 0.298. The van der Waals surface area contributed by atoms with Crippen molar-refractivity contribution in [1.82, 2.24) is 9.55 Å². The van der Waals surface area contributed by atoms with Crippen molar-refractivity contribution in [3.8, 4) is 0 Å². The molecule has 88 valence electrons. The summed E-state index contributed by atoms with van der Waals surface area (Å²) in [6.45, 7) is 2.86. The van der Waals surface area contributed by atoms with E-state index in [-0.39, 0.29) is 0 Å². The van der Waals surface area contributed by atoms with Gasteiger partial charge in [0.2, 0.25) is 0 Å². The number of hydrogen-bond acceptors (Lipinski definition) is 3. The fourth-order valence-electron chi connectivity index (χ4n) is 2.49. The zero-order chi connectivity index (χ0) is 11.8. The Labute approximate surface area is 104 Å². The smallest absolute Gasteiger partial charge is 0.164 e. The summed E-state index contributed by atoms with van der Waals surface area (Å²) in [5, 5.41) is 2.07. The number of aromatic nitrogens is 2. The first kappa shape index (κ1) is 10.7. The first-order valence-corrected chi connectivity index (χ1v) is 6.79. The lowest BCUT2D eigenvalue weighted by Crippen LogP contribution is -2.14. The van der Waals surface area contributed by atoms with Crippen LogP contribution in [0.5, 0.6) is 0 Å². The van der Waals surface area contributed by atoms with Crippen molar-refractivity contribution in [1.29, 1.82) is 0 Å². The van der Waals surface area contributed by atoms with Crippen LogP contribution in [0.4, 0.5) is 0 Å². The second-order valence-corrected chi connectivity index (χ2v) is 5.21. The lowest BCUT2D eigenvalue weighted by Gasteiger charge is -2.15. The summed E-state index contributed by atoms with van der Waals surface area (Å²) in [6.07, 6.45) is 2.69. The Bertz CT molecular complexity index is 554. The van der Waals surface area contributed by atoms with E-state index in [1.807, 2.05) is 11.6 Å². The molecule has 0 aromatic carbocycles. The average molecular weight is 246 g/mol. The number of nitrogens with zero attached hydrogens (tertiary/aromatic N) is 2. The molecule has 0 radical (unpaired) electrons. The second-order valence-electron chi connectivity index (χ2n) is 4.49. The van der Waals surface area contributed by atoms with Crippen LogP contribution in [0.15, 0.2) is 17.0 Å². The monoisotopic (exact) mass is 246 g/mol. The van der Waals surface area contributed by atoms with E-state index in [4.69, 9.17) is 0 Å². The Balaban J connectivity index is 2.02. The van der Waals surface area contributed by atoms with Crippen molar-refractivity contribution in [3.63, 3.8) is 0 Å². The highest BCUT2D eigenvalue weighted by molar-refractivity contribution is 7.07. The lowest BCUT2D eigenvalue weighted by molar-refractivity contribution is 0.0972. The SMILES string of the molecule is Cc1cc2c(n1Cc1cscn1)CCCC2=O. The maximum Gasteiger partial charge on any atom is 0.164 e. The van der Waals surface area contributed by atoms with Crippen LogP contribution in [0.2, 0.25) is 0 Å². The van der Waals surface area contributed by atoms with Gasteiger partial charge in [-0.05, 0) is 25.8 Å². The molecule has 0 amide bonds. The number of thiazole rings is 1. The molecule has 17 heavy (non-hydrogen) atoms. The average Bonchev–Trinajstić information content (AvgIpc) is 2.91. The zero-order valence-electron chi connectivity index (χ0n) is 9.77. The normalized spacial score (nSPS) is 15.0. The van der Waals surface area contributed by atoms with Gasteiger partial charge in [-0.15, -0.1) is 11.3 Å². The van der Waals surface area contributed by atoms with Gasteiger partial charge >= 0.3 is 0 Å². The van der Waals surface area contributed by atoms with E-state index < -0.39 is 0 Å². The summed E-state index contributed by atoms with van der Waals surface area (Å²) < 4.78 is 2.24. The minimum absolute atomic E-state index is 0.298. The molecule has 0 unspecified atom stereocenters. The van der Waals surface area contributed by atoms with Crippen LogP contribution in [0.1, 0.15) is 40.3 Å². The van der Waals surface area contributed by atoms with Crippen molar-refractivity contribution < 1.29 is 4.79 Å². The molecule has 1 aliphatic rings. The standard InChI is InChI=1S/C13H14N2OS/c1-9-5-11-12(3-2-4-13(11)16)15(9)6-10-7-17-8-14-10/h5,7-8H,2-4,6H2,1H3. The van der Waals surface area contributed by atoms with Crippen molar-refractivity contribution in [2.24, 2.45) is 0 Å². The van der Waals surface area contributed by atoms with Gasteiger partial charge in [-0.3, -0.25) is 4.79 Å². The van der Waals surface area contributed by atoms with E-state index in [0.717, 1.165) is 30.6 Å². The highest BCUT2D eigenvalue weighted by atomic mass is 32.1. The molecule has 0 saturated carbocycles. The quantitative estimate of drug-likeness (QED) is 0.816. The number of ketones is 1. The molecular formula is C13H14N2OS. The van der Waals surface area contributed by atoms with Crippen molar-refractivity contribution in [2.75, 3.05) is 0 Å². The van der Waals surface area contributed by atoms with Gasteiger partial charge in [0.1, 0.15) is 0 Å². The molecule has 0 fully saturated rings. The molecule has 2 aromatic heterocycles. The van der Waals surface area contributed by atoms with E-state index in [0.29, 0.717) is 12.2 Å². The van der Waals surface area contributed by atoms with Gasteiger partial charge in [0.25, 0.3) is 0 Å². The predicted molar refractivity (Wildman–Crippen MR) is 67.7 cm³/mol. The largest absolute Gasteiger partial charge is 0.342 e. The van der Waals surface area contributed by atoms with Crippen LogP contribution in [0, 0.1) is 6.92 Å². The first-order chi connectivity index (χ1) is 8.25. The minimum atomic E-state index is 0.298. The fraction of sp³-hybridized carbons (Fsp3) is 0.385. The molecule has 3 nitrogen and oxygen atoms in total. The fourth-order valence-corrected chi connectivity index (χ4v) is 3.04. The summed E-state index contributed by atoms with van der Waals surface area (Å²) in [4.78, 5) is 16.1. The molecule has 2 aromatic rings. The number of carbonyl (C=O) groups is 1. The van der Waals surface area contributed by atoms with E-state index in [9.17, 15) is 4.79 Å². The number of fused-ring (bicyclic) bond motifs is 1. The molecule has 1 aliphatic carbocycles. The highest BCUT2D eigenvalue weighted by Crippen LogP contribution is 2.25. The van der Waals surface area contributed by atoms with Gasteiger partial charge in [-0.2, -0.15) is 0 Å². The molecule has 0 saturated heterocycles. The maximum absolute atomic E-state index is 11.8. The zero-order valence-corrected chi connectivity index (χ0v) is 10.6. The van der Waals surface area contributed by atoms with E-state index in [1.54, 1.807) is 11.3 Å². The van der Waals surface area contributed by atoms with Gasteiger partial charge in [0.15, 0.2) is 5.78 Å². The first-order valence-electron chi connectivity index (χ1n) is 5.85. The third-order valence-electron chi connectivity index (χ3n) is 3.34. The summed E-state index contributed by atoms with van der Waals surface area (Å²) in [5.41, 5.74) is 6.23. The van der Waals surface area contributed by atoms with Gasteiger partial charge in [-0.1, -0.05) is 0 Å². The number of rotatable bonds is 2. The van der Waals surface area contributed by atoms with Gasteiger partial charge in [-0.25, -0.2) is 4.98 Å². The summed E-state index contributed by atoms with van der Waals surface area (Å²) >= 11 is 1.61. The number of hydrogen-bond donors (Lipinski definition) is 0. The summed E-state index contributed by atoms with van der Waals surface area (Å²) in [7, 11) is 0. The molecule has 4 heteroatoms. The van der Waals surface area contributed by atoms with Crippen LogP contribution < -0.4 is 0 Å². The number of Topliss-reactive ketones (excluding diaryl/α,β-unsaturated/α-hetero) is 1. The third-order valence-corrected chi connectivity index (χ3v) is 3.97. The van der Waals surface area contributed by atoms with E-state index in [2.05, 4.69) is 21.9 Å². The Hall–Kier alpha value is -1.42.